The minimum absolute atomic E-state index is 0.0181. The zero-order valence-electron chi connectivity index (χ0n) is 10.2. The maximum atomic E-state index is 12.0. The Hall–Kier alpha value is -1.66. The number of halogens is 1. The Balaban J connectivity index is 2.04. The number of nitrogens with zero attached hydrogens (tertiary/aromatic N) is 1. The van der Waals surface area contributed by atoms with Gasteiger partial charge in [0.2, 0.25) is 5.91 Å². The molecule has 1 heterocycles. The van der Waals surface area contributed by atoms with Crippen LogP contribution in [0.4, 0.5) is 11.4 Å². The molecule has 0 radical (unpaired) electrons. The molecular weight excluding hydrogens is 270 g/mol. The summed E-state index contributed by atoms with van der Waals surface area (Å²) in [5, 5.41) is 16.5. The van der Waals surface area contributed by atoms with Gasteiger partial charge in [-0.25, -0.2) is 0 Å². The third kappa shape index (κ3) is 3.42. The van der Waals surface area contributed by atoms with E-state index in [1.165, 1.54) is 18.2 Å². The molecule has 2 rings (SSSR count). The lowest BCUT2D eigenvalue weighted by atomic mass is 9.99. The van der Waals surface area contributed by atoms with Crippen molar-refractivity contribution in [2.75, 3.05) is 18.4 Å². The molecule has 0 aromatic heterocycles. The number of rotatable bonds is 3. The van der Waals surface area contributed by atoms with Gasteiger partial charge in [0.15, 0.2) is 0 Å². The van der Waals surface area contributed by atoms with E-state index in [9.17, 15) is 14.9 Å². The normalized spacial score (nSPS) is 18.9. The highest BCUT2D eigenvalue weighted by atomic mass is 35.5. The number of hydrogen-bond acceptors (Lipinski definition) is 4. The number of nitro benzene ring substituents is 1. The second-order valence-corrected chi connectivity index (χ2v) is 4.86. The highest BCUT2D eigenvalue weighted by molar-refractivity contribution is 6.33. The van der Waals surface area contributed by atoms with Gasteiger partial charge in [-0.2, -0.15) is 0 Å². The number of carbonyl (C=O) groups is 1. The predicted molar refractivity (Wildman–Crippen MR) is 72.3 cm³/mol. The van der Waals surface area contributed by atoms with Gasteiger partial charge in [0.25, 0.3) is 5.69 Å². The molecule has 0 spiro atoms. The maximum absolute atomic E-state index is 12.0. The summed E-state index contributed by atoms with van der Waals surface area (Å²) in [4.78, 5) is 22.0. The van der Waals surface area contributed by atoms with Crippen LogP contribution in [0.2, 0.25) is 5.02 Å². The van der Waals surface area contributed by atoms with E-state index in [0.29, 0.717) is 12.2 Å². The Morgan fingerprint density at radius 1 is 1.53 bits per heavy atom. The predicted octanol–water partition coefficient (Wildman–Crippen LogP) is 2.19. The van der Waals surface area contributed by atoms with E-state index in [1.54, 1.807) is 0 Å². The molecule has 1 aromatic carbocycles. The van der Waals surface area contributed by atoms with Crippen molar-refractivity contribution in [1.82, 2.24) is 5.32 Å². The average molecular weight is 284 g/mol. The first-order valence-corrected chi connectivity index (χ1v) is 6.41. The summed E-state index contributed by atoms with van der Waals surface area (Å²) >= 11 is 5.79. The lowest BCUT2D eigenvalue weighted by molar-refractivity contribution is -0.384. The summed E-state index contributed by atoms with van der Waals surface area (Å²) in [5.41, 5.74) is 0.310. The van der Waals surface area contributed by atoms with Crippen LogP contribution in [-0.2, 0) is 4.79 Å². The van der Waals surface area contributed by atoms with Gasteiger partial charge in [-0.1, -0.05) is 11.6 Å². The highest BCUT2D eigenvalue weighted by Crippen LogP contribution is 2.27. The summed E-state index contributed by atoms with van der Waals surface area (Å²) in [6.07, 6.45) is 1.82. The van der Waals surface area contributed by atoms with Crippen molar-refractivity contribution in [1.29, 1.82) is 0 Å². The minimum Gasteiger partial charge on any atom is -0.326 e. The molecule has 7 heteroatoms. The van der Waals surface area contributed by atoms with Crippen LogP contribution in [0.1, 0.15) is 12.8 Å². The topological polar surface area (TPSA) is 84.3 Å². The number of benzene rings is 1. The SMILES string of the molecule is O=C(Nc1ccc([N+](=O)[O-])c(Cl)c1)[C@@H]1CCCNC1. The first kappa shape index (κ1) is 13.8. The Morgan fingerprint density at radius 2 is 2.32 bits per heavy atom. The van der Waals surface area contributed by atoms with Crippen molar-refractivity contribution in [3.63, 3.8) is 0 Å². The molecule has 1 aromatic rings. The largest absolute Gasteiger partial charge is 0.326 e. The van der Waals surface area contributed by atoms with Gasteiger partial charge in [-0.15, -0.1) is 0 Å². The molecule has 1 atom stereocenters. The molecule has 1 aliphatic rings. The summed E-state index contributed by atoms with van der Waals surface area (Å²) in [6, 6.07) is 4.17. The fraction of sp³-hybridized carbons (Fsp3) is 0.417. The van der Waals surface area contributed by atoms with E-state index in [1.807, 2.05) is 0 Å². The second kappa shape index (κ2) is 5.99. The van der Waals surface area contributed by atoms with E-state index < -0.39 is 4.92 Å². The van der Waals surface area contributed by atoms with Gasteiger partial charge in [-0.05, 0) is 31.5 Å². The van der Waals surface area contributed by atoms with Gasteiger partial charge in [0, 0.05) is 18.3 Å². The van der Waals surface area contributed by atoms with Gasteiger partial charge in [-0.3, -0.25) is 14.9 Å². The maximum Gasteiger partial charge on any atom is 0.288 e. The highest BCUT2D eigenvalue weighted by Gasteiger charge is 2.21. The minimum atomic E-state index is -0.557. The van der Waals surface area contributed by atoms with Crippen LogP contribution in [0.3, 0.4) is 0 Å². The average Bonchev–Trinajstić information content (AvgIpc) is 2.39. The third-order valence-corrected chi connectivity index (χ3v) is 3.38. The number of amides is 1. The lowest BCUT2D eigenvalue weighted by Crippen LogP contribution is -2.37. The summed E-state index contributed by atoms with van der Waals surface area (Å²) in [5.74, 6) is -0.153. The van der Waals surface area contributed by atoms with Crippen molar-refractivity contribution in [3.8, 4) is 0 Å². The molecule has 1 aliphatic heterocycles. The van der Waals surface area contributed by atoms with Crippen molar-refractivity contribution in [3.05, 3.63) is 33.3 Å². The first-order valence-electron chi connectivity index (χ1n) is 6.03. The zero-order chi connectivity index (χ0) is 13.8. The van der Waals surface area contributed by atoms with Crippen LogP contribution in [0, 0.1) is 16.0 Å². The molecule has 1 saturated heterocycles. The Bertz CT molecular complexity index is 501. The van der Waals surface area contributed by atoms with E-state index >= 15 is 0 Å². The van der Waals surface area contributed by atoms with Crippen LogP contribution < -0.4 is 10.6 Å². The zero-order valence-corrected chi connectivity index (χ0v) is 10.9. The lowest BCUT2D eigenvalue weighted by Gasteiger charge is -2.21. The van der Waals surface area contributed by atoms with Crippen LogP contribution in [-0.4, -0.2) is 23.9 Å². The Morgan fingerprint density at radius 3 is 2.89 bits per heavy atom. The Labute approximate surface area is 115 Å². The molecule has 0 aliphatic carbocycles. The number of nitrogens with one attached hydrogen (secondary N) is 2. The van der Waals surface area contributed by atoms with E-state index in [4.69, 9.17) is 11.6 Å². The number of hydrogen-bond donors (Lipinski definition) is 2. The van der Waals surface area contributed by atoms with Gasteiger partial charge >= 0.3 is 0 Å². The molecule has 6 nitrogen and oxygen atoms in total. The molecule has 0 unspecified atom stereocenters. The molecule has 2 N–H and O–H groups in total. The van der Waals surface area contributed by atoms with Gasteiger partial charge in [0.05, 0.1) is 10.8 Å². The van der Waals surface area contributed by atoms with Crippen LogP contribution >= 0.6 is 11.6 Å². The third-order valence-electron chi connectivity index (χ3n) is 3.08. The van der Waals surface area contributed by atoms with Crippen molar-refractivity contribution in [2.24, 2.45) is 5.92 Å². The molecule has 0 bridgehead atoms. The molecule has 1 amide bonds. The van der Waals surface area contributed by atoms with Gasteiger partial charge in [0.1, 0.15) is 5.02 Å². The fourth-order valence-corrected chi connectivity index (χ4v) is 2.30. The summed E-state index contributed by atoms with van der Waals surface area (Å²) in [6.45, 7) is 1.60. The van der Waals surface area contributed by atoms with Crippen molar-refractivity contribution >= 4 is 28.9 Å². The molecular formula is C12H14ClN3O3. The second-order valence-electron chi connectivity index (χ2n) is 4.46. The van der Waals surface area contributed by atoms with Crippen LogP contribution in [0.25, 0.3) is 0 Å². The molecule has 0 saturated carbocycles. The van der Waals surface area contributed by atoms with E-state index in [-0.39, 0.29) is 22.5 Å². The fourth-order valence-electron chi connectivity index (χ4n) is 2.05. The van der Waals surface area contributed by atoms with E-state index in [0.717, 1.165) is 19.4 Å². The smallest absolute Gasteiger partial charge is 0.288 e. The van der Waals surface area contributed by atoms with Crippen molar-refractivity contribution in [2.45, 2.75) is 12.8 Å². The monoisotopic (exact) mass is 283 g/mol. The number of nitro groups is 1. The number of carbonyl (C=O) groups excluding carboxylic acids is 1. The standard InChI is InChI=1S/C12H14ClN3O3/c13-10-6-9(3-4-11(10)16(18)19)15-12(17)8-2-1-5-14-7-8/h3-4,6,8,14H,1-2,5,7H2,(H,15,17)/t8-/m1/s1. The summed E-state index contributed by atoms with van der Waals surface area (Å²) in [7, 11) is 0. The summed E-state index contributed by atoms with van der Waals surface area (Å²) < 4.78 is 0. The molecule has 1 fully saturated rings. The van der Waals surface area contributed by atoms with Gasteiger partial charge < -0.3 is 10.6 Å². The quantitative estimate of drug-likeness (QED) is 0.658. The van der Waals surface area contributed by atoms with Crippen molar-refractivity contribution < 1.29 is 9.72 Å². The van der Waals surface area contributed by atoms with E-state index in [2.05, 4.69) is 10.6 Å². The van der Waals surface area contributed by atoms with Crippen LogP contribution in [0.5, 0.6) is 0 Å². The Kier molecular flexibility index (Phi) is 4.34. The van der Waals surface area contributed by atoms with Crippen LogP contribution in [0.15, 0.2) is 18.2 Å². The first-order chi connectivity index (χ1) is 9.08. The molecule has 19 heavy (non-hydrogen) atoms. The number of anilines is 1. The number of piperidine rings is 1. The molecule has 102 valence electrons.